The smallest absolute Gasteiger partial charge is 0.550 e. The maximum Gasteiger partial charge on any atom is 2.00 e. The molecule has 0 N–H and O–H groups in total. The molecule has 0 saturated heterocycles. The van der Waals surface area contributed by atoms with E-state index >= 15 is 0 Å². The largest absolute Gasteiger partial charge is 2.00 e. The van der Waals surface area contributed by atoms with Crippen molar-refractivity contribution in [2.75, 3.05) is 13.2 Å². The summed E-state index contributed by atoms with van der Waals surface area (Å²) in [6.07, 6.45) is -0.947. The van der Waals surface area contributed by atoms with Crippen molar-refractivity contribution < 1.29 is 38.9 Å². The van der Waals surface area contributed by atoms with Gasteiger partial charge in [0.1, 0.15) is 0 Å². The number of rotatable bonds is 8. The quantitative estimate of drug-likeness (QED) is 0.206. The zero-order chi connectivity index (χ0) is 17.7. The van der Waals surface area contributed by atoms with Gasteiger partial charge in [-0.2, -0.15) is 0 Å². The number of carboxylic acids is 2. The van der Waals surface area contributed by atoms with Crippen LogP contribution in [-0.4, -0.2) is 64.4 Å². The van der Waals surface area contributed by atoms with E-state index in [2.05, 4.69) is 22.6 Å². The molecule has 9 heteroatoms. The van der Waals surface area contributed by atoms with Gasteiger partial charge in [-0.3, -0.25) is 0 Å². The summed E-state index contributed by atoms with van der Waals surface area (Å²) in [6.45, 7) is 10.1. The molecule has 0 spiro atoms. The first kappa shape index (κ1) is 26.2. The molecule has 23 heavy (non-hydrogen) atoms. The minimum absolute atomic E-state index is 0. The molecule has 0 atom stereocenters. The van der Waals surface area contributed by atoms with Crippen molar-refractivity contribution in [3.63, 3.8) is 0 Å². The Labute approximate surface area is 154 Å². The first-order valence-electron chi connectivity index (χ1n) is 6.25. The fourth-order valence-corrected chi connectivity index (χ4v) is 0.959. The van der Waals surface area contributed by atoms with Gasteiger partial charge in [0.25, 0.3) is 0 Å². The van der Waals surface area contributed by atoms with E-state index in [9.17, 15) is 29.4 Å². The first-order valence-corrected chi connectivity index (χ1v) is 6.25. The SMILES string of the molecule is C=C(CC(=O)[O-])C(=O)OCC.C=C(CC(=O)[O-])C(=O)OCC.[Pb+2]. The van der Waals surface area contributed by atoms with E-state index in [-0.39, 0.29) is 51.7 Å². The summed E-state index contributed by atoms with van der Waals surface area (Å²) in [5.41, 5.74) is -0.182. The molecule has 0 fully saturated rings. The van der Waals surface area contributed by atoms with Crippen LogP contribution in [0.5, 0.6) is 0 Å². The molecule has 0 aliphatic carbocycles. The van der Waals surface area contributed by atoms with Gasteiger partial charge in [-0.15, -0.1) is 0 Å². The molecule has 0 aromatic rings. The van der Waals surface area contributed by atoms with E-state index in [1.54, 1.807) is 13.8 Å². The minimum atomic E-state index is -1.33. The number of carbonyl (C=O) groups is 4. The molecule has 8 nitrogen and oxygen atoms in total. The van der Waals surface area contributed by atoms with Crippen LogP contribution in [0.25, 0.3) is 0 Å². The Bertz CT molecular complexity index is 414. The molecule has 0 amide bonds. The van der Waals surface area contributed by atoms with Gasteiger partial charge in [0.15, 0.2) is 0 Å². The maximum absolute atomic E-state index is 10.7. The van der Waals surface area contributed by atoms with Crippen LogP contribution >= 0.6 is 0 Å². The van der Waals surface area contributed by atoms with Gasteiger partial charge in [-0.25, -0.2) is 9.59 Å². The normalized spacial score (nSPS) is 8.43. The summed E-state index contributed by atoms with van der Waals surface area (Å²) in [4.78, 5) is 41.2. The topological polar surface area (TPSA) is 133 Å². The molecule has 0 aliphatic rings. The number of esters is 2. The van der Waals surface area contributed by atoms with Crippen LogP contribution in [0, 0.1) is 0 Å². The predicted octanol–water partition coefficient (Wildman–Crippen LogP) is -1.89. The van der Waals surface area contributed by atoms with Crippen LogP contribution in [0.1, 0.15) is 26.7 Å². The van der Waals surface area contributed by atoms with Crippen molar-refractivity contribution in [3.05, 3.63) is 24.3 Å². The number of aliphatic carboxylic acids is 2. The standard InChI is InChI=1S/2C7H10O4.Pb/c2*1-3-11-7(10)5(2)4-6(8)9;/h2*2-4H2,1H3,(H,8,9);/q;;+2/p-2. The summed E-state index contributed by atoms with van der Waals surface area (Å²) in [7, 11) is 0. The van der Waals surface area contributed by atoms with E-state index in [1.807, 2.05) is 0 Å². The van der Waals surface area contributed by atoms with Crippen molar-refractivity contribution >= 4 is 51.2 Å². The van der Waals surface area contributed by atoms with Crippen molar-refractivity contribution in [1.82, 2.24) is 0 Å². The van der Waals surface area contributed by atoms with Gasteiger partial charge in [0.05, 0.1) is 13.2 Å². The van der Waals surface area contributed by atoms with E-state index in [0.29, 0.717) is 0 Å². The third-order valence-electron chi connectivity index (χ3n) is 1.84. The van der Waals surface area contributed by atoms with Crippen molar-refractivity contribution in [2.45, 2.75) is 26.7 Å². The van der Waals surface area contributed by atoms with Crippen LogP contribution in [-0.2, 0) is 28.7 Å². The fourth-order valence-electron chi connectivity index (χ4n) is 0.959. The molecular formula is C14H18O8Pb. The fraction of sp³-hybridized carbons (Fsp3) is 0.429. The summed E-state index contributed by atoms with van der Waals surface area (Å²) in [6, 6.07) is 0. The number of ether oxygens (including phenoxy) is 2. The molecule has 0 aromatic heterocycles. The number of carbonyl (C=O) groups excluding carboxylic acids is 4. The summed E-state index contributed by atoms with van der Waals surface area (Å²) >= 11 is 0. The Balaban J connectivity index is -0.000000333. The number of hydrogen-bond donors (Lipinski definition) is 0. The zero-order valence-corrected chi connectivity index (χ0v) is 16.9. The minimum Gasteiger partial charge on any atom is -0.550 e. The van der Waals surface area contributed by atoms with Crippen LogP contribution in [0.15, 0.2) is 24.3 Å². The Kier molecular flexibility index (Phi) is 17.3. The molecule has 0 saturated carbocycles. The van der Waals surface area contributed by atoms with E-state index < -0.39 is 36.7 Å². The number of hydrogen-bond acceptors (Lipinski definition) is 8. The number of carboxylic acid groups (broad SMARTS) is 2. The third-order valence-corrected chi connectivity index (χ3v) is 1.84. The first-order chi connectivity index (χ1) is 10.1. The average Bonchev–Trinajstić information content (AvgIpc) is 2.38. The van der Waals surface area contributed by atoms with E-state index in [0.717, 1.165) is 0 Å². The van der Waals surface area contributed by atoms with Gasteiger partial charge < -0.3 is 29.3 Å². The van der Waals surface area contributed by atoms with Gasteiger partial charge in [-0.1, -0.05) is 13.2 Å². The monoisotopic (exact) mass is 522 g/mol. The second-order valence-corrected chi connectivity index (χ2v) is 3.75. The Morgan fingerprint density at radius 1 is 0.783 bits per heavy atom. The molecule has 0 unspecified atom stereocenters. The van der Waals surface area contributed by atoms with Crippen LogP contribution in [0.4, 0.5) is 0 Å². The molecule has 0 heterocycles. The van der Waals surface area contributed by atoms with Crippen molar-refractivity contribution in [3.8, 4) is 0 Å². The second-order valence-electron chi connectivity index (χ2n) is 3.75. The molecule has 126 valence electrons. The van der Waals surface area contributed by atoms with Gasteiger partial charge in [0, 0.05) is 35.9 Å². The summed E-state index contributed by atoms with van der Waals surface area (Å²) < 4.78 is 8.95. The summed E-state index contributed by atoms with van der Waals surface area (Å²) in [5.74, 6) is -4.03. The third kappa shape index (κ3) is 16.5. The van der Waals surface area contributed by atoms with Crippen molar-refractivity contribution in [1.29, 1.82) is 0 Å². The molecule has 0 bridgehead atoms. The van der Waals surface area contributed by atoms with Gasteiger partial charge >= 0.3 is 39.2 Å². The Hall–Kier alpha value is -1.72. The molecular weight excluding hydrogens is 503 g/mol. The van der Waals surface area contributed by atoms with E-state index in [1.165, 1.54) is 0 Å². The van der Waals surface area contributed by atoms with Crippen LogP contribution < -0.4 is 10.2 Å². The average molecular weight is 521 g/mol. The van der Waals surface area contributed by atoms with Crippen molar-refractivity contribution in [2.24, 2.45) is 0 Å². The maximum atomic E-state index is 10.7. The summed E-state index contributed by atoms with van der Waals surface area (Å²) in [5, 5.41) is 19.9. The predicted molar refractivity (Wildman–Crippen MR) is 76.5 cm³/mol. The second kappa shape index (κ2) is 15.2. The molecule has 2 radical (unpaired) electrons. The zero-order valence-electron chi connectivity index (χ0n) is 13.0. The Morgan fingerprint density at radius 3 is 1.22 bits per heavy atom. The molecule has 0 aromatic carbocycles. The van der Waals surface area contributed by atoms with Gasteiger partial charge in [-0.05, 0) is 13.8 Å². The van der Waals surface area contributed by atoms with Crippen LogP contribution in [0.2, 0.25) is 0 Å². The molecule has 0 aliphatic heterocycles. The Morgan fingerprint density at radius 2 is 1.04 bits per heavy atom. The van der Waals surface area contributed by atoms with E-state index in [4.69, 9.17) is 0 Å². The van der Waals surface area contributed by atoms with Gasteiger partial charge in [0.2, 0.25) is 0 Å². The molecule has 0 rings (SSSR count). The van der Waals surface area contributed by atoms with Crippen LogP contribution in [0.3, 0.4) is 0 Å².